The molecule has 0 fully saturated rings. The summed E-state index contributed by atoms with van der Waals surface area (Å²) < 4.78 is 0. The van der Waals surface area contributed by atoms with Crippen molar-refractivity contribution in [3.8, 4) is 11.1 Å². The second-order valence-corrected chi connectivity index (χ2v) is 11.7. The van der Waals surface area contributed by atoms with Crippen molar-refractivity contribution in [3.05, 3.63) is 155 Å². The number of hydrogen-bond acceptors (Lipinski definition) is 4. The third-order valence-electron chi connectivity index (χ3n) is 8.07. The largest absolute Gasteiger partial charge is 0.309 e. The van der Waals surface area contributed by atoms with Crippen LogP contribution in [-0.2, 0) is 0 Å². The molecule has 0 N–H and O–H groups in total. The summed E-state index contributed by atoms with van der Waals surface area (Å²) in [6.07, 6.45) is 5.26. The van der Waals surface area contributed by atoms with E-state index in [1.807, 2.05) is 12.3 Å². The highest BCUT2D eigenvalue weighted by molar-refractivity contribution is 5.85. The van der Waals surface area contributed by atoms with Gasteiger partial charge in [0.1, 0.15) is 0 Å². The topological polar surface area (TPSA) is 32.3 Å². The summed E-state index contributed by atoms with van der Waals surface area (Å²) in [5.41, 5.74) is 15.5. The minimum absolute atomic E-state index is 0.762. The van der Waals surface area contributed by atoms with Gasteiger partial charge in [-0.25, -0.2) is 4.98 Å². The van der Waals surface area contributed by atoms with Crippen molar-refractivity contribution < 1.29 is 0 Å². The van der Waals surface area contributed by atoms with Gasteiger partial charge in [-0.05, 0) is 111 Å². The molecule has 0 aliphatic rings. The molecule has 1 aromatic heterocycles. The molecule has 0 saturated carbocycles. The van der Waals surface area contributed by atoms with Gasteiger partial charge >= 0.3 is 0 Å². The molecule has 4 heteroatoms. The molecular weight excluding hydrogens is 536 g/mol. The normalized spacial score (nSPS) is 11.0. The van der Waals surface area contributed by atoms with Crippen molar-refractivity contribution in [1.29, 1.82) is 0 Å². The van der Waals surface area contributed by atoms with Gasteiger partial charge < -0.3 is 4.90 Å². The lowest BCUT2D eigenvalue weighted by atomic mass is 9.98. The number of anilines is 6. The zero-order valence-electron chi connectivity index (χ0n) is 26.3. The second kappa shape index (κ2) is 12.2. The molecule has 0 atom stereocenters. The van der Waals surface area contributed by atoms with Crippen molar-refractivity contribution in [2.45, 2.75) is 41.5 Å². The molecule has 44 heavy (non-hydrogen) atoms. The fraction of sp³-hybridized carbons (Fsp3) is 0.150. The van der Waals surface area contributed by atoms with E-state index in [0.29, 0.717) is 0 Å². The number of aromatic nitrogens is 2. The Morgan fingerprint density at radius 1 is 0.455 bits per heavy atom. The third-order valence-corrected chi connectivity index (χ3v) is 8.07. The first-order valence-electron chi connectivity index (χ1n) is 15.1. The smallest absolute Gasteiger partial charge is 0.156 e. The molecule has 4 nitrogen and oxygen atoms in total. The Labute approximate surface area is 261 Å². The van der Waals surface area contributed by atoms with Crippen LogP contribution in [0, 0.1) is 41.5 Å². The van der Waals surface area contributed by atoms with Gasteiger partial charge in [0, 0.05) is 29.5 Å². The Balaban J connectivity index is 1.49. The summed E-state index contributed by atoms with van der Waals surface area (Å²) in [5, 5.41) is 0. The Hall–Kier alpha value is -5.22. The summed E-state index contributed by atoms with van der Waals surface area (Å²) in [5.74, 6) is 0.762. The van der Waals surface area contributed by atoms with Crippen LogP contribution in [0.5, 0.6) is 0 Å². The van der Waals surface area contributed by atoms with Gasteiger partial charge in [0.05, 0.1) is 17.6 Å². The van der Waals surface area contributed by atoms with Gasteiger partial charge in [-0.15, -0.1) is 0 Å². The van der Waals surface area contributed by atoms with Crippen molar-refractivity contribution in [3.63, 3.8) is 0 Å². The third kappa shape index (κ3) is 5.71. The van der Waals surface area contributed by atoms with Crippen LogP contribution < -0.4 is 9.80 Å². The first kappa shape index (κ1) is 28.9. The van der Waals surface area contributed by atoms with Gasteiger partial charge in [-0.2, -0.15) is 0 Å². The molecule has 0 amide bonds. The van der Waals surface area contributed by atoms with Crippen LogP contribution in [0.4, 0.5) is 34.3 Å². The number of nitrogens with zero attached hydrogens (tertiary/aromatic N) is 4. The maximum Gasteiger partial charge on any atom is 0.156 e. The molecule has 1 heterocycles. The molecule has 6 rings (SSSR count). The molecule has 0 aliphatic heterocycles. The van der Waals surface area contributed by atoms with E-state index < -0.39 is 0 Å². The standard InChI is InChI=1S/C40H38N4/c1-27-21-29(3)39(30(4)22-27)44(40-31(5)23-28(2)24-32(40)6)36-17-15-35(16-18-36)43(38-26-41-19-20-42-38)37-14-10-13-34(25-37)33-11-8-7-9-12-33/h7-26H,1-6H3. The minimum Gasteiger partial charge on any atom is -0.309 e. The second-order valence-electron chi connectivity index (χ2n) is 11.7. The number of benzene rings is 5. The fourth-order valence-electron chi connectivity index (χ4n) is 6.45. The van der Waals surface area contributed by atoms with Gasteiger partial charge in [-0.1, -0.05) is 77.9 Å². The first-order chi connectivity index (χ1) is 21.3. The van der Waals surface area contributed by atoms with Crippen LogP contribution in [0.3, 0.4) is 0 Å². The van der Waals surface area contributed by atoms with Crippen LogP contribution in [0.2, 0.25) is 0 Å². The average molecular weight is 575 g/mol. The Morgan fingerprint density at radius 2 is 0.977 bits per heavy atom. The maximum atomic E-state index is 4.70. The Morgan fingerprint density at radius 3 is 1.50 bits per heavy atom. The van der Waals surface area contributed by atoms with Crippen molar-refractivity contribution in [2.75, 3.05) is 9.80 Å². The molecule has 218 valence electrons. The van der Waals surface area contributed by atoms with Crippen molar-refractivity contribution >= 4 is 34.3 Å². The van der Waals surface area contributed by atoms with Crippen LogP contribution in [-0.4, -0.2) is 9.97 Å². The van der Waals surface area contributed by atoms with E-state index in [-0.39, 0.29) is 0 Å². The molecule has 0 aliphatic carbocycles. The van der Waals surface area contributed by atoms with Crippen molar-refractivity contribution in [1.82, 2.24) is 9.97 Å². The van der Waals surface area contributed by atoms with Crippen LogP contribution in [0.25, 0.3) is 11.1 Å². The van der Waals surface area contributed by atoms with E-state index in [1.54, 1.807) is 12.4 Å². The van der Waals surface area contributed by atoms with Crippen LogP contribution in [0.15, 0.2) is 122 Å². The predicted octanol–water partition coefficient (Wildman–Crippen LogP) is 10.9. The highest BCUT2D eigenvalue weighted by Gasteiger charge is 2.22. The molecule has 0 bridgehead atoms. The zero-order chi connectivity index (χ0) is 30.8. The van der Waals surface area contributed by atoms with E-state index in [4.69, 9.17) is 4.98 Å². The molecule has 6 aromatic rings. The Kier molecular flexibility index (Phi) is 7.99. The summed E-state index contributed by atoms with van der Waals surface area (Å²) in [4.78, 5) is 13.7. The number of aryl methyl sites for hydroxylation is 6. The summed E-state index contributed by atoms with van der Waals surface area (Å²) in [6.45, 7) is 13.2. The molecular formula is C40H38N4. The van der Waals surface area contributed by atoms with Gasteiger partial charge in [0.15, 0.2) is 5.82 Å². The monoisotopic (exact) mass is 574 g/mol. The number of rotatable bonds is 7. The summed E-state index contributed by atoms with van der Waals surface area (Å²) >= 11 is 0. The first-order valence-corrected chi connectivity index (χ1v) is 15.1. The predicted molar refractivity (Wildman–Crippen MR) is 185 cm³/mol. The molecule has 0 saturated heterocycles. The van der Waals surface area contributed by atoms with Crippen molar-refractivity contribution in [2.24, 2.45) is 0 Å². The maximum absolute atomic E-state index is 4.70. The number of hydrogen-bond donors (Lipinski definition) is 0. The summed E-state index contributed by atoms with van der Waals surface area (Å²) in [6, 6.07) is 37.0. The molecule has 0 unspecified atom stereocenters. The van der Waals surface area contributed by atoms with E-state index in [0.717, 1.165) is 28.4 Å². The SMILES string of the molecule is Cc1cc(C)c(N(c2ccc(N(c3cccc(-c4ccccc4)c3)c3cnccn3)cc2)c2c(C)cc(C)cc2C)c(C)c1. The van der Waals surface area contributed by atoms with Crippen LogP contribution in [0.1, 0.15) is 33.4 Å². The lowest BCUT2D eigenvalue weighted by molar-refractivity contribution is 1.12. The molecule has 0 radical (unpaired) electrons. The highest BCUT2D eigenvalue weighted by atomic mass is 15.2. The summed E-state index contributed by atoms with van der Waals surface area (Å²) in [7, 11) is 0. The fourth-order valence-corrected chi connectivity index (χ4v) is 6.45. The molecule has 5 aromatic carbocycles. The van der Waals surface area contributed by atoms with E-state index >= 15 is 0 Å². The molecule has 0 spiro atoms. The average Bonchev–Trinajstić information content (AvgIpc) is 3.01. The minimum atomic E-state index is 0.762. The van der Waals surface area contributed by atoms with Gasteiger partial charge in [0.2, 0.25) is 0 Å². The van der Waals surface area contributed by atoms with Gasteiger partial charge in [0.25, 0.3) is 0 Å². The van der Waals surface area contributed by atoms with E-state index in [9.17, 15) is 0 Å². The zero-order valence-corrected chi connectivity index (χ0v) is 26.3. The Bertz CT molecular complexity index is 1810. The van der Waals surface area contributed by atoms with E-state index in [2.05, 4.69) is 153 Å². The lowest BCUT2D eigenvalue weighted by Gasteiger charge is -2.32. The van der Waals surface area contributed by atoms with E-state index in [1.165, 1.54) is 50.3 Å². The highest BCUT2D eigenvalue weighted by Crippen LogP contribution is 2.44. The quantitative estimate of drug-likeness (QED) is 0.190. The van der Waals surface area contributed by atoms with Gasteiger partial charge in [-0.3, -0.25) is 9.88 Å². The van der Waals surface area contributed by atoms with Crippen LogP contribution >= 0.6 is 0 Å². The lowest BCUT2D eigenvalue weighted by Crippen LogP contribution is -2.16.